The van der Waals surface area contributed by atoms with Gasteiger partial charge in [-0.05, 0) is 30.4 Å². The summed E-state index contributed by atoms with van der Waals surface area (Å²) in [5, 5.41) is 3.47. The molecule has 25 heavy (non-hydrogen) atoms. The van der Waals surface area contributed by atoms with E-state index in [-0.39, 0.29) is 6.10 Å². The Morgan fingerprint density at radius 1 is 1.40 bits per heavy atom. The van der Waals surface area contributed by atoms with Gasteiger partial charge in [-0.2, -0.15) is 0 Å². The highest BCUT2D eigenvalue weighted by atomic mass is 16.5. The summed E-state index contributed by atoms with van der Waals surface area (Å²) < 4.78 is 5.60. The Morgan fingerprint density at radius 2 is 2.24 bits per heavy atom. The van der Waals surface area contributed by atoms with Gasteiger partial charge in [-0.3, -0.25) is 4.99 Å². The molecule has 2 fully saturated rings. The lowest BCUT2D eigenvalue weighted by atomic mass is 9.93. The van der Waals surface area contributed by atoms with Crippen molar-refractivity contribution in [2.75, 3.05) is 44.7 Å². The molecule has 1 atom stereocenters. The van der Waals surface area contributed by atoms with Gasteiger partial charge in [0, 0.05) is 46.0 Å². The number of aliphatic imine (C=N–C) groups is 1. The van der Waals surface area contributed by atoms with Crippen LogP contribution in [0, 0.1) is 5.41 Å². The summed E-state index contributed by atoms with van der Waals surface area (Å²) in [5.41, 5.74) is 1.54. The predicted molar refractivity (Wildman–Crippen MR) is 102 cm³/mol. The smallest absolute Gasteiger partial charge is 0.193 e. The molecule has 2 aliphatic rings. The highest BCUT2D eigenvalue weighted by Crippen LogP contribution is 2.28. The molecular formula is C19H31N5O. The molecule has 3 heterocycles. The molecule has 0 spiro atoms. The molecule has 2 saturated heterocycles. The maximum atomic E-state index is 5.60. The van der Waals surface area contributed by atoms with Gasteiger partial charge in [0.25, 0.3) is 0 Å². The van der Waals surface area contributed by atoms with Crippen LogP contribution in [-0.4, -0.2) is 61.8 Å². The van der Waals surface area contributed by atoms with Crippen LogP contribution in [0.5, 0.6) is 0 Å². The van der Waals surface area contributed by atoms with Gasteiger partial charge in [0.05, 0.1) is 12.7 Å². The van der Waals surface area contributed by atoms with Gasteiger partial charge in [0.1, 0.15) is 5.82 Å². The van der Waals surface area contributed by atoms with Crippen molar-refractivity contribution >= 4 is 11.8 Å². The number of morpholine rings is 1. The fourth-order valence-electron chi connectivity index (χ4n) is 3.54. The summed E-state index contributed by atoms with van der Waals surface area (Å²) in [6.07, 6.45) is 3.44. The van der Waals surface area contributed by atoms with E-state index >= 15 is 0 Å². The van der Waals surface area contributed by atoms with Crippen molar-refractivity contribution in [2.45, 2.75) is 39.8 Å². The standard InChI is InChI=1S/C19H31N5O/c1-15-13-23(9-10-25-15)17-6-5-16(11-21-17)12-22-18(20-4)24-8-7-19(2,3)14-24/h5-6,11,15H,7-10,12-14H2,1-4H3,(H,20,22). The van der Waals surface area contributed by atoms with Crippen LogP contribution in [0.3, 0.4) is 0 Å². The van der Waals surface area contributed by atoms with Crippen LogP contribution in [0.15, 0.2) is 23.3 Å². The van der Waals surface area contributed by atoms with Gasteiger partial charge in [-0.15, -0.1) is 0 Å². The van der Waals surface area contributed by atoms with Gasteiger partial charge < -0.3 is 19.9 Å². The maximum absolute atomic E-state index is 5.60. The Hall–Kier alpha value is -1.82. The van der Waals surface area contributed by atoms with Crippen molar-refractivity contribution in [3.63, 3.8) is 0 Å². The molecule has 3 rings (SSSR count). The molecule has 6 heteroatoms. The largest absolute Gasteiger partial charge is 0.375 e. The number of pyridine rings is 1. The summed E-state index contributed by atoms with van der Waals surface area (Å²) in [6.45, 7) is 12.2. The fourth-order valence-corrected chi connectivity index (χ4v) is 3.54. The first kappa shape index (κ1) is 18.0. The molecule has 1 unspecified atom stereocenters. The second-order valence-corrected chi connectivity index (χ2v) is 7.89. The Morgan fingerprint density at radius 3 is 2.84 bits per heavy atom. The van der Waals surface area contributed by atoms with Crippen molar-refractivity contribution in [1.29, 1.82) is 0 Å². The van der Waals surface area contributed by atoms with Crippen LogP contribution in [0.25, 0.3) is 0 Å². The molecule has 0 bridgehead atoms. The van der Waals surface area contributed by atoms with E-state index in [0.717, 1.165) is 51.1 Å². The van der Waals surface area contributed by atoms with Crippen LogP contribution in [0.2, 0.25) is 0 Å². The predicted octanol–water partition coefficient (Wildman–Crippen LogP) is 2.11. The molecule has 0 radical (unpaired) electrons. The number of guanidine groups is 1. The Bertz CT molecular complexity index is 598. The lowest BCUT2D eigenvalue weighted by molar-refractivity contribution is 0.0529. The number of likely N-dealkylation sites (tertiary alicyclic amines) is 1. The number of hydrogen-bond donors (Lipinski definition) is 1. The molecule has 1 aromatic heterocycles. The zero-order chi connectivity index (χ0) is 17.9. The first-order valence-corrected chi connectivity index (χ1v) is 9.24. The number of nitrogens with zero attached hydrogens (tertiary/aromatic N) is 4. The van der Waals surface area contributed by atoms with Gasteiger partial charge >= 0.3 is 0 Å². The maximum Gasteiger partial charge on any atom is 0.193 e. The molecular weight excluding hydrogens is 314 g/mol. The average molecular weight is 345 g/mol. The molecule has 1 aromatic rings. The highest BCUT2D eigenvalue weighted by molar-refractivity contribution is 5.80. The zero-order valence-corrected chi connectivity index (χ0v) is 16.0. The summed E-state index contributed by atoms with van der Waals surface area (Å²) in [7, 11) is 1.86. The van der Waals surface area contributed by atoms with Gasteiger partial charge in [0.2, 0.25) is 0 Å². The van der Waals surface area contributed by atoms with Crippen molar-refractivity contribution in [3.8, 4) is 0 Å². The van der Waals surface area contributed by atoms with Crippen LogP contribution in [0.1, 0.15) is 32.8 Å². The third-order valence-corrected chi connectivity index (χ3v) is 5.01. The number of hydrogen-bond acceptors (Lipinski definition) is 4. The molecule has 138 valence electrons. The SMILES string of the molecule is CN=C(NCc1ccc(N2CCOC(C)C2)nc1)N1CCC(C)(C)C1. The normalized spacial score (nSPS) is 23.8. The van der Waals surface area contributed by atoms with Crippen molar-refractivity contribution in [1.82, 2.24) is 15.2 Å². The lowest BCUT2D eigenvalue weighted by Gasteiger charge is -2.32. The van der Waals surface area contributed by atoms with E-state index in [4.69, 9.17) is 4.74 Å². The Balaban J connectivity index is 1.54. The second-order valence-electron chi connectivity index (χ2n) is 7.89. The van der Waals surface area contributed by atoms with Gasteiger partial charge in [0.15, 0.2) is 5.96 Å². The van der Waals surface area contributed by atoms with Crippen molar-refractivity contribution in [3.05, 3.63) is 23.9 Å². The van der Waals surface area contributed by atoms with E-state index in [0.29, 0.717) is 5.41 Å². The minimum atomic E-state index is 0.268. The topological polar surface area (TPSA) is 53.0 Å². The Kier molecular flexibility index (Phi) is 5.47. The number of ether oxygens (including phenoxy) is 1. The van der Waals surface area contributed by atoms with Crippen LogP contribution in [-0.2, 0) is 11.3 Å². The Labute approximate surface area is 151 Å². The zero-order valence-electron chi connectivity index (χ0n) is 16.0. The summed E-state index contributed by atoms with van der Waals surface area (Å²) >= 11 is 0. The van der Waals surface area contributed by atoms with Gasteiger partial charge in [-0.25, -0.2) is 4.98 Å². The quantitative estimate of drug-likeness (QED) is 0.672. The minimum absolute atomic E-state index is 0.268. The van der Waals surface area contributed by atoms with Crippen LogP contribution < -0.4 is 10.2 Å². The molecule has 0 aromatic carbocycles. The first-order chi connectivity index (χ1) is 12.0. The molecule has 0 aliphatic carbocycles. The summed E-state index contributed by atoms with van der Waals surface area (Å²) in [5.74, 6) is 2.02. The van der Waals surface area contributed by atoms with E-state index < -0.39 is 0 Å². The molecule has 1 N–H and O–H groups in total. The number of aromatic nitrogens is 1. The molecule has 6 nitrogen and oxygen atoms in total. The fraction of sp³-hybridized carbons (Fsp3) is 0.684. The van der Waals surface area contributed by atoms with E-state index in [9.17, 15) is 0 Å². The number of anilines is 1. The second kappa shape index (κ2) is 7.60. The van der Waals surface area contributed by atoms with E-state index in [1.165, 1.54) is 12.0 Å². The molecule has 2 aliphatic heterocycles. The van der Waals surface area contributed by atoms with Crippen LogP contribution in [0.4, 0.5) is 5.82 Å². The van der Waals surface area contributed by atoms with Gasteiger partial charge in [-0.1, -0.05) is 19.9 Å². The van der Waals surface area contributed by atoms with E-state index in [2.05, 4.69) is 58.0 Å². The van der Waals surface area contributed by atoms with E-state index in [1.807, 2.05) is 13.2 Å². The van der Waals surface area contributed by atoms with E-state index in [1.54, 1.807) is 0 Å². The monoisotopic (exact) mass is 345 g/mol. The third kappa shape index (κ3) is 4.63. The summed E-state index contributed by atoms with van der Waals surface area (Å²) in [6, 6.07) is 4.26. The molecule has 0 saturated carbocycles. The third-order valence-electron chi connectivity index (χ3n) is 5.01. The van der Waals surface area contributed by atoms with Crippen molar-refractivity contribution in [2.24, 2.45) is 10.4 Å². The lowest BCUT2D eigenvalue weighted by Crippen LogP contribution is -2.41. The summed E-state index contributed by atoms with van der Waals surface area (Å²) in [4.78, 5) is 13.7. The first-order valence-electron chi connectivity index (χ1n) is 9.24. The van der Waals surface area contributed by atoms with Crippen LogP contribution >= 0.6 is 0 Å². The average Bonchev–Trinajstić information content (AvgIpc) is 2.96. The number of nitrogens with one attached hydrogen (secondary N) is 1. The highest BCUT2D eigenvalue weighted by Gasteiger charge is 2.30. The molecule has 0 amide bonds. The minimum Gasteiger partial charge on any atom is -0.375 e. The van der Waals surface area contributed by atoms with Crippen molar-refractivity contribution < 1.29 is 4.74 Å². The number of rotatable bonds is 3.